The summed E-state index contributed by atoms with van der Waals surface area (Å²) in [6.07, 6.45) is 5.09. The lowest BCUT2D eigenvalue weighted by molar-refractivity contribution is -0.129. The second-order valence-corrected chi connectivity index (χ2v) is 6.40. The molecule has 2 rings (SSSR count). The van der Waals surface area contributed by atoms with E-state index in [1.54, 1.807) is 32.0 Å². The van der Waals surface area contributed by atoms with Gasteiger partial charge < -0.3 is 15.0 Å². The lowest BCUT2D eigenvalue weighted by Crippen LogP contribution is -2.33. The van der Waals surface area contributed by atoms with Gasteiger partial charge in [0.05, 0.1) is 19.3 Å². The van der Waals surface area contributed by atoms with Crippen LogP contribution in [-0.2, 0) is 9.59 Å². The van der Waals surface area contributed by atoms with Crippen LogP contribution in [0.15, 0.2) is 59.5 Å². The number of nitrogens with zero attached hydrogens (tertiary/aromatic N) is 1. The Morgan fingerprint density at radius 3 is 2.69 bits per heavy atom. The number of carbonyl (C=O) groups excluding carboxylic acids is 2. The van der Waals surface area contributed by atoms with Gasteiger partial charge in [0, 0.05) is 18.0 Å². The standard InChI is InChI=1S/C20H22N2O3S/c1-22(14-19(23)21-17-9-4-5-10-18(17)26-3)20(24)12-11-15-7-6-8-16(13-15)25-2/h4-13H,14H2,1-3H3,(H,21,23)/b12-11+. The lowest BCUT2D eigenvalue weighted by atomic mass is 10.2. The SMILES string of the molecule is COc1cccc(/C=C/C(=O)N(C)CC(=O)Nc2ccccc2SC)c1. The number of para-hydroxylation sites is 1. The molecule has 0 fully saturated rings. The highest BCUT2D eigenvalue weighted by molar-refractivity contribution is 7.98. The average molecular weight is 370 g/mol. The number of rotatable bonds is 7. The lowest BCUT2D eigenvalue weighted by Gasteiger charge is -2.15. The maximum Gasteiger partial charge on any atom is 0.246 e. The van der Waals surface area contributed by atoms with Gasteiger partial charge in [0.15, 0.2) is 0 Å². The third kappa shape index (κ3) is 5.67. The summed E-state index contributed by atoms with van der Waals surface area (Å²) in [5, 5.41) is 2.84. The van der Waals surface area contributed by atoms with E-state index in [0.717, 1.165) is 21.9 Å². The Kier molecular flexibility index (Phi) is 7.29. The number of amides is 2. The Bertz CT molecular complexity index is 805. The van der Waals surface area contributed by atoms with E-state index in [1.807, 2.05) is 54.8 Å². The monoisotopic (exact) mass is 370 g/mol. The highest BCUT2D eigenvalue weighted by Crippen LogP contribution is 2.24. The van der Waals surface area contributed by atoms with E-state index in [2.05, 4.69) is 5.32 Å². The quantitative estimate of drug-likeness (QED) is 0.598. The van der Waals surface area contributed by atoms with Gasteiger partial charge in [0.25, 0.3) is 0 Å². The van der Waals surface area contributed by atoms with Crippen LogP contribution in [0.2, 0.25) is 0 Å². The van der Waals surface area contributed by atoms with Gasteiger partial charge in [-0.15, -0.1) is 11.8 Å². The number of nitrogens with one attached hydrogen (secondary N) is 1. The summed E-state index contributed by atoms with van der Waals surface area (Å²) in [5.74, 6) is 0.234. The van der Waals surface area contributed by atoms with Gasteiger partial charge in [0.2, 0.25) is 11.8 Å². The fourth-order valence-electron chi connectivity index (χ4n) is 2.27. The number of benzene rings is 2. The van der Waals surface area contributed by atoms with Crippen molar-refractivity contribution in [3.8, 4) is 5.75 Å². The van der Waals surface area contributed by atoms with Crippen LogP contribution >= 0.6 is 11.8 Å². The van der Waals surface area contributed by atoms with E-state index in [0.29, 0.717) is 0 Å². The van der Waals surface area contributed by atoms with Crippen LogP contribution in [0, 0.1) is 0 Å². The number of hydrogen-bond donors (Lipinski definition) is 1. The number of methoxy groups -OCH3 is 1. The van der Waals surface area contributed by atoms with Crippen molar-refractivity contribution in [2.45, 2.75) is 4.90 Å². The molecule has 0 bridgehead atoms. The minimum absolute atomic E-state index is 0.0238. The first-order chi connectivity index (χ1) is 12.5. The van der Waals surface area contributed by atoms with Crippen LogP contribution in [0.3, 0.4) is 0 Å². The number of likely N-dealkylation sites (N-methyl/N-ethyl adjacent to an activating group) is 1. The average Bonchev–Trinajstić information content (AvgIpc) is 2.66. The molecule has 136 valence electrons. The largest absolute Gasteiger partial charge is 0.497 e. The second kappa shape index (κ2) is 9.68. The van der Waals surface area contributed by atoms with Crippen LogP contribution < -0.4 is 10.1 Å². The van der Waals surface area contributed by atoms with Crippen LogP contribution in [-0.4, -0.2) is 43.7 Å². The van der Waals surface area contributed by atoms with Gasteiger partial charge in [-0.1, -0.05) is 24.3 Å². The zero-order valence-electron chi connectivity index (χ0n) is 15.1. The molecule has 0 saturated carbocycles. The zero-order chi connectivity index (χ0) is 18.9. The highest BCUT2D eigenvalue weighted by atomic mass is 32.2. The molecule has 0 heterocycles. The third-order valence-corrected chi connectivity index (χ3v) is 4.45. The smallest absolute Gasteiger partial charge is 0.246 e. The number of hydrogen-bond acceptors (Lipinski definition) is 4. The van der Waals surface area contributed by atoms with Gasteiger partial charge in [-0.2, -0.15) is 0 Å². The Morgan fingerprint density at radius 1 is 1.19 bits per heavy atom. The molecule has 0 unspecified atom stereocenters. The molecule has 2 aromatic rings. The van der Waals surface area contributed by atoms with Gasteiger partial charge in [-0.05, 0) is 42.2 Å². The molecule has 5 nitrogen and oxygen atoms in total. The van der Waals surface area contributed by atoms with E-state index in [1.165, 1.54) is 11.0 Å². The number of thioether (sulfide) groups is 1. The first-order valence-electron chi connectivity index (χ1n) is 8.03. The van der Waals surface area contributed by atoms with E-state index in [4.69, 9.17) is 4.74 Å². The molecular weight excluding hydrogens is 348 g/mol. The minimum Gasteiger partial charge on any atom is -0.497 e. The fourth-order valence-corrected chi connectivity index (χ4v) is 2.82. The summed E-state index contributed by atoms with van der Waals surface area (Å²) >= 11 is 1.55. The molecule has 0 aliphatic heterocycles. The summed E-state index contributed by atoms with van der Waals surface area (Å²) in [5.41, 5.74) is 1.60. The maximum atomic E-state index is 12.2. The molecule has 0 aromatic heterocycles. The van der Waals surface area contributed by atoms with Crippen molar-refractivity contribution >= 4 is 35.3 Å². The Balaban J connectivity index is 1.93. The van der Waals surface area contributed by atoms with E-state index in [-0.39, 0.29) is 18.4 Å². The number of ether oxygens (including phenoxy) is 1. The van der Waals surface area contributed by atoms with Gasteiger partial charge in [-0.25, -0.2) is 0 Å². The predicted octanol–water partition coefficient (Wildman–Crippen LogP) is 3.53. The van der Waals surface area contributed by atoms with Crippen LogP contribution in [0.25, 0.3) is 6.08 Å². The van der Waals surface area contributed by atoms with E-state index < -0.39 is 0 Å². The summed E-state index contributed by atoms with van der Waals surface area (Å²) in [6.45, 7) is -0.0238. The molecule has 0 atom stereocenters. The normalized spacial score (nSPS) is 10.6. The highest BCUT2D eigenvalue weighted by Gasteiger charge is 2.12. The molecule has 0 aliphatic rings. The number of carbonyl (C=O) groups is 2. The van der Waals surface area contributed by atoms with Crippen molar-refractivity contribution in [3.63, 3.8) is 0 Å². The summed E-state index contributed by atoms with van der Waals surface area (Å²) in [6, 6.07) is 14.9. The maximum absolute atomic E-state index is 12.2. The number of anilines is 1. The van der Waals surface area contributed by atoms with Crippen LogP contribution in [0.1, 0.15) is 5.56 Å². The van der Waals surface area contributed by atoms with Gasteiger partial charge in [-0.3, -0.25) is 9.59 Å². The molecule has 2 amide bonds. The zero-order valence-corrected chi connectivity index (χ0v) is 15.9. The van der Waals surface area contributed by atoms with Gasteiger partial charge >= 0.3 is 0 Å². The van der Waals surface area contributed by atoms with E-state index in [9.17, 15) is 9.59 Å². The molecule has 0 aliphatic carbocycles. The van der Waals surface area contributed by atoms with E-state index >= 15 is 0 Å². The molecule has 26 heavy (non-hydrogen) atoms. The molecule has 0 saturated heterocycles. The molecule has 2 aromatic carbocycles. The first-order valence-corrected chi connectivity index (χ1v) is 9.26. The van der Waals surface area contributed by atoms with Crippen molar-refractivity contribution in [2.24, 2.45) is 0 Å². The van der Waals surface area contributed by atoms with Crippen LogP contribution in [0.5, 0.6) is 5.75 Å². The predicted molar refractivity (Wildman–Crippen MR) is 107 cm³/mol. The van der Waals surface area contributed by atoms with Crippen molar-refractivity contribution in [3.05, 3.63) is 60.2 Å². The third-order valence-electron chi connectivity index (χ3n) is 3.65. The Morgan fingerprint density at radius 2 is 1.96 bits per heavy atom. The van der Waals surface area contributed by atoms with Crippen molar-refractivity contribution in [1.82, 2.24) is 4.90 Å². The topological polar surface area (TPSA) is 58.6 Å². The summed E-state index contributed by atoms with van der Waals surface area (Å²) < 4.78 is 5.15. The molecule has 1 N–H and O–H groups in total. The molecule has 6 heteroatoms. The first kappa shape index (κ1) is 19.6. The van der Waals surface area contributed by atoms with Crippen LogP contribution in [0.4, 0.5) is 5.69 Å². The summed E-state index contributed by atoms with van der Waals surface area (Å²) in [4.78, 5) is 26.8. The van der Waals surface area contributed by atoms with Crippen molar-refractivity contribution in [2.75, 3.05) is 32.3 Å². The van der Waals surface area contributed by atoms with Crippen molar-refractivity contribution in [1.29, 1.82) is 0 Å². The Hall–Kier alpha value is -2.73. The van der Waals surface area contributed by atoms with Gasteiger partial charge in [0.1, 0.15) is 5.75 Å². The summed E-state index contributed by atoms with van der Waals surface area (Å²) in [7, 11) is 3.19. The molecule has 0 radical (unpaired) electrons. The fraction of sp³-hybridized carbons (Fsp3) is 0.200. The second-order valence-electron chi connectivity index (χ2n) is 5.55. The molecular formula is C20H22N2O3S. The minimum atomic E-state index is -0.249. The molecule has 0 spiro atoms. The Labute approximate surface area is 158 Å². The van der Waals surface area contributed by atoms with Crippen molar-refractivity contribution < 1.29 is 14.3 Å².